The lowest BCUT2D eigenvalue weighted by Crippen LogP contribution is -2.30. The highest BCUT2D eigenvalue weighted by Gasteiger charge is 1.96. The maximum atomic E-state index is 5.37. The van der Waals surface area contributed by atoms with Crippen molar-refractivity contribution in [3.63, 3.8) is 0 Å². The molecule has 5 N–H and O–H groups in total. The first-order valence-corrected chi connectivity index (χ1v) is 3.94. The first-order chi connectivity index (χ1) is 4.81. The van der Waals surface area contributed by atoms with Crippen molar-refractivity contribution in [1.82, 2.24) is 5.32 Å². The van der Waals surface area contributed by atoms with Gasteiger partial charge < -0.3 is 16.8 Å². The van der Waals surface area contributed by atoms with Crippen molar-refractivity contribution in [3.8, 4) is 0 Å². The van der Waals surface area contributed by atoms with Crippen LogP contribution in [0.2, 0.25) is 0 Å². The monoisotopic (exact) mass is 145 g/mol. The topological polar surface area (TPSA) is 64.1 Å². The lowest BCUT2D eigenvalue weighted by atomic mass is 10.2. The molecule has 10 heavy (non-hydrogen) atoms. The zero-order valence-electron chi connectivity index (χ0n) is 6.77. The zero-order chi connectivity index (χ0) is 7.82. The standard InChI is InChI=1S/C7H19N3/c1-7(3-5-9)10-6-2-4-8/h7,10H,2-6,8-9H2,1H3/t7-/m1/s1. The molecule has 62 valence electrons. The van der Waals surface area contributed by atoms with Crippen molar-refractivity contribution in [2.75, 3.05) is 19.6 Å². The molecule has 0 aromatic carbocycles. The Balaban J connectivity index is 2.97. The summed E-state index contributed by atoms with van der Waals surface area (Å²) in [7, 11) is 0. The molecule has 0 spiro atoms. The Hall–Kier alpha value is -0.120. The maximum Gasteiger partial charge on any atom is 0.00507 e. The molecule has 0 aliphatic heterocycles. The SMILES string of the molecule is C[C@H](CCN)NCCCN. The van der Waals surface area contributed by atoms with E-state index in [4.69, 9.17) is 11.5 Å². The fraction of sp³-hybridized carbons (Fsp3) is 1.00. The van der Waals surface area contributed by atoms with Gasteiger partial charge in [0.1, 0.15) is 0 Å². The van der Waals surface area contributed by atoms with Crippen LogP contribution >= 0.6 is 0 Å². The molecule has 0 unspecified atom stereocenters. The molecule has 0 fully saturated rings. The van der Waals surface area contributed by atoms with Crippen LogP contribution in [0, 0.1) is 0 Å². The molecule has 0 aromatic rings. The number of nitrogens with two attached hydrogens (primary N) is 2. The predicted octanol–water partition coefficient (Wildman–Crippen LogP) is -0.338. The molecule has 0 rings (SSSR count). The summed E-state index contributed by atoms with van der Waals surface area (Å²) in [5, 5.41) is 3.32. The Morgan fingerprint density at radius 2 is 2.00 bits per heavy atom. The van der Waals surface area contributed by atoms with Gasteiger partial charge in [-0.2, -0.15) is 0 Å². The van der Waals surface area contributed by atoms with Gasteiger partial charge in [0, 0.05) is 6.04 Å². The average Bonchev–Trinajstić information content (AvgIpc) is 1.89. The molecule has 0 bridgehead atoms. The molecule has 0 amide bonds. The summed E-state index contributed by atoms with van der Waals surface area (Å²) in [6.07, 6.45) is 2.10. The molecule has 1 atom stereocenters. The predicted molar refractivity (Wildman–Crippen MR) is 44.8 cm³/mol. The largest absolute Gasteiger partial charge is 0.330 e. The summed E-state index contributed by atoms with van der Waals surface area (Å²) in [4.78, 5) is 0. The van der Waals surface area contributed by atoms with Gasteiger partial charge >= 0.3 is 0 Å². The minimum Gasteiger partial charge on any atom is -0.330 e. The summed E-state index contributed by atoms with van der Waals surface area (Å²) in [6, 6.07) is 0.538. The molecule has 3 heteroatoms. The zero-order valence-corrected chi connectivity index (χ0v) is 6.77. The summed E-state index contributed by atoms with van der Waals surface area (Å²) in [5.41, 5.74) is 10.7. The molecule has 0 aliphatic carbocycles. The van der Waals surface area contributed by atoms with Crippen molar-refractivity contribution in [1.29, 1.82) is 0 Å². The van der Waals surface area contributed by atoms with Gasteiger partial charge in [0.2, 0.25) is 0 Å². The minimum atomic E-state index is 0.538. The fourth-order valence-electron chi connectivity index (χ4n) is 0.803. The van der Waals surface area contributed by atoms with Crippen LogP contribution in [0.25, 0.3) is 0 Å². The third-order valence-corrected chi connectivity index (χ3v) is 1.47. The van der Waals surface area contributed by atoms with Gasteiger partial charge in [-0.3, -0.25) is 0 Å². The van der Waals surface area contributed by atoms with E-state index in [1.165, 1.54) is 0 Å². The molecule has 0 aromatic heterocycles. The Morgan fingerprint density at radius 3 is 2.50 bits per heavy atom. The van der Waals surface area contributed by atoms with E-state index < -0.39 is 0 Å². The van der Waals surface area contributed by atoms with Gasteiger partial charge in [0.05, 0.1) is 0 Å². The van der Waals surface area contributed by atoms with Crippen molar-refractivity contribution in [2.45, 2.75) is 25.8 Å². The maximum absolute atomic E-state index is 5.37. The van der Waals surface area contributed by atoms with Crippen LogP contribution in [-0.2, 0) is 0 Å². The van der Waals surface area contributed by atoms with Crippen LogP contribution in [0.3, 0.4) is 0 Å². The second-order valence-electron chi connectivity index (χ2n) is 2.57. The molecule has 0 aliphatic rings. The smallest absolute Gasteiger partial charge is 0.00507 e. The van der Waals surface area contributed by atoms with Crippen LogP contribution in [0.5, 0.6) is 0 Å². The lowest BCUT2D eigenvalue weighted by Gasteiger charge is -2.11. The number of rotatable bonds is 6. The Morgan fingerprint density at radius 1 is 1.30 bits per heavy atom. The first kappa shape index (κ1) is 9.88. The highest BCUT2D eigenvalue weighted by molar-refractivity contribution is 4.60. The van der Waals surface area contributed by atoms with Crippen molar-refractivity contribution in [2.24, 2.45) is 11.5 Å². The molecular formula is C7H19N3. The summed E-state index contributed by atoms with van der Waals surface area (Å²) in [6.45, 7) is 4.68. The molecule has 3 nitrogen and oxygen atoms in total. The second-order valence-corrected chi connectivity index (χ2v) is 2.57. The van der Waals surface area contributed by atoms with Crippen LogP contribution in [0.4, 0.5) is 0 Å². The van der Waals surface area contributed by atoms with Gasteiger partial charge in [-0.25, -0.2) is 0 Å². The Kier molecular flexibility index (Phi) is 6.91. The van der Waals surface area contributed by atoms with Crippen LogP contribution in [0.1, 0.15) is 19.8 Å². The summed E-state index contributed by atoms with van der Waals surface area (Å²) in [5.74, 6) is 0. The number of nitrogens with one attached hydrogen (secondary N) is 1. The highest BCUT2D eigenvalue weighted by atomic mass is 14.9. The summed E-state index contributed by atoms with van der Waals surface area (Å²) >= 11 is 0. The van der Waals surface area contributed by atoms with Gasteiger partial charge in [-0.15, -0.1) is 0 Å². The van der Waals surface area contributed by atoms with Crippen LogP contribution < -0.4 is 16.8 Å². The quantitative estimate of drug-likeness (QED) is 0.448. The van der Waals surface area contributed by atoms with Crippen LogP contribution in [-0.4, -0.2) is 25.7 Å². The third kappa shape index (κ3) is 6.01. The second kappa shape index (κ2) is 6.99. The fourth-order valence-corrected chi connectivity index (χ4v) is 0.803. The van der Waals surface area contributed by atoms with Gasteiger partial charge in [0.15, 0.2) is 0 Å². The Bertz CT molecular complexity index is 65.9. The first-order valence-electron chi connectivity index (χ1n) is 3.94. The van der Waals surface area contributed by atoms with Crippen molar-refractivity contribution >= 4 is 0 Å². The number of hydrogen-bond acceptors (Lipinski definition) is 3. The molecule has 0 saturated heterocycles. The normalized spacial score (nSPS) is 13.5. The van der Waals surface area contributed by atoms with E-state index in [0.29, 0.717) is 6.04 Å². The molecule has 0 radical (unpaired) electrons. The van der Waals surface area contributed by atoms with E-state index in [1.807, 2.05) is 0 Å². The highest BCUT2D eigenvalue weighted by Crippen LogP contribution is 1.86. The average molecular weight is 145 g/mol. The van der Waals surface area contributed by atoms with Gasteiger partial charge in [0.25, 0.3) is 0 Å². The molecule has 0 heterocycles. The van der Waals surface area contributed by atoms with Crippen LogP contribution in [0.15, 0.2) is 0 Å². The number of hydrogen-bond donors (Lipinski definition) is 3. The van der Waals surface area contributed by atoms with E-state index in [1.54, 1.807) is 0 Å². The molecular weight excluding hydrogens is 126 g/mol. The summed E-state index contributed by atoms with van der Waals surface area (Å²) < 4.78 is 0. The van der Waals surface area contributed by atoms with E-state index >= 15 is 0 Å². The van der Waals surface area contributed by atoms with E-state index in [2.05, 4.69) is 12.2 Å². The van der Waals surface area contributed by atoms with E-state index in [9.17, 15) is 0 Å². The van der Waals surface area contributed by atoms with Gasteiger partial charge in [-0.1, -0.05) is 0 Å². The van der Waals surface area contributed by atoms with Crippen molar-refractivity contribution < 1.29 is 0 Å². The molecule has 0 saturated carbocycles. The minimum absolute atomic E-state index is 0.538. The Labute approximate surface area is 63.2 Å². The van der Waals surface area contributed by atoms with Crippen molar-refractivity contribution in [3.05, 3.63) is 0 Å². The van der Waals surface area contributed by atoms with Gasteiger partial charge in [-0.05, 0) is 39.4 Å². The van der Waals surface area contributed by atoms with E-state index in [-0.39, 0.29) is 0 Å². The third-order valence-electron chi connectivity index (χ3n) is 1.47. The van der Waals surface area contributed by atoms with E-state index in [0.717, 1.165) is 32.5 Å². The lowest BCUT2D eigenvalue weighted by molar-refractivity contribution is 0.514.